The van der Waals surface area contributed by atoms with Crippen LogP contribution in [-0.2, 0) is 11.4 Å². The minimum atomic E-state index is -0.797. The van der Waals surface area contributed by atoms with E-state index in [9.17, 15) is 4.79 Å². The highest BCUT2D eigenvalue weighted by Crippen LogP contribution is 2.32. The van der Waals surface area contributed by atoms with Crippen LogP contribution in [0.4, 0.5) is 5.69 Å². The quantitative estimate of drug-likeness (QED) is 0.508. The second-order valence-corrected chi connectivity index (χ2v) is 7.19. The van der Waals surface area contributed by atoms with Crippen LogP contribution in [-0.4, -0.2) is 17.1 Å². The molecule has 1 atom stereocenters. The van der Waals surface area contributed by atoms with Crippen LogP contribution in [0.3, 0.4) is 0 Å². The van der Waals surface area contributed by atoms with Crippen LogP contribution in [0.5, 0.6) is 5.75 Å². The first-order chi connectivity index (χ1) is 13.4. The molecule has 0 aliphatic carbocycles. The van der Waals surface area contributed by atoms with E-state index in [0.717, 1.165) is 0 Å². The second kappa shape index (κ2) is 8.88. The van der Waals surface area contributed by atoms with Gasteiger partial charge in [-0.1, -0.05) is 34.8 Å². The van der Waals surface area contributed by atoms with Gasteiger partial charge < -0.3 is 19.6 Å². The number of aliphatic hydroxyl groups excluding tert-OH is 1. The first kappa shape index (κ1) is 20.6. The number of rotatable bonds is 6. The van der Waals surface area contributed by atoms with E-state index < -0.39 is 6.10 Å². The molecule has 1 amide bonds. The molecule has 1 aromatic heterocycles. The number of aliphatic hydroxyl groups is 1. The van der Waals surface area contributed by atoms with E-state index in [-0.39, 0.29) is 12.5 Å². The van der Waals surface area contributed by atoms with Gasteiger partial charge in [-0.25, -0.2) is 0 Å². The number of ether oxygens (including phenoxy) is 1. The van der Waals surface area contributed by atoms with Crippen molar-refractivity contribution in [3.05, 3.63) is 69.4 Å². The number of benzene rings is 2. The third-order valence-electron chi connectivity index (χ3n) is 3.89. The first-order valence-corrected chi connectivity index (χ1v) is 9.43. The Hall–Kier alpha value is -2.18. The van der Waals surface area contributed by atoms with E-state index >= 15 is 0 Å². The Kier molecular flexibility index (Phi) is 6.52. The van der Waals surface area contributed by atoms with Crippen molar-refractivity contribution in [2.24, 2.45) is 0 Å². The van der Waals surface area contributed by atoms with Crippen molar-refractivity contribution in [3.8, 4) is 17.1 Å². The van der Waals surface area contributed by atoms with Crippen LogP contribution in [0.25, 0.3) is 11.3 Å². The number of carbonyl (C=O) groups excluding carboxylic acids is 1. The Balaban J connectivity index is 1.68. The molecule has 0 spiro atoms. The molecule has 3 aromatic rings. The number of halogens is 3. The van der Waals surface area contributed by atoms with Crippen molar-refractivity contribution in [3.63, 3.8) is 0 Å². The molecule has 0 fully saturated rings. The highest BCUT2D eigenvalue weighted by molar-refractivity contribution is 6.35. The normalized spacial score (nSPS) is 11.9. The molecule has 0 aliphatic rings. The molecule has 3 rings (SSSR count). The molecule has 0 saturated heterocycles. The Morgan fingerprint density at radius 2 is 1.89 bits per heavy atom. The molecule has 0 saturated carbocycles. The molecule has 5 nitrogen and oxygen atoms in total. The minimum Gasteiger partial charge on any atom is -0.479 e. The first-order valence-electron chi connectivity index (χ1n) is 8.29. The third kappa shape index (κ3) is 4.80. The van der Waals surface area contributed by atoms with Crippen molar-refractivity contribution in [2.45, 2.75) is 19.6 Å². The Bertz CT molecular complexity index is 1000. The van der Waals surface area contributed by atoms with Gasteiger partial charge >= 0.3 is 0 Å². The highest BCUT2D eigenvalue weighted by Gasteiger charge is 2.17. The lowest BCUT2D eigenvalue weighted by Gasteiger charge is -2.16. The van der Waals surface area contributed by atoms with Gasteiger partial charge in [-0.3, -0.25) is 4.79 Å². The average Bonchev–Trinajstić information content (AvgIpc) is 3.13. The zero-order valence-corrected chi connectivity index (χ0v) is 17.0. The molecule has 0 radical (unpaired) electrons. The zero-order chi connectivity index (χ0) is 20.3. The summed E-state index contributed by atoms with van der Waals surface area (Å²) in [4.78, 5) is 12.4. The lowest BCUT2D eigenvalue weighted by molar-refractivity contribution is -0.122. The molecule has 0 bridgehead atoms. The van der Waals surface area contributed by atoms with Gasteiger partial charge in [0.1, 0.15) is 23.9 Å². The van der Waals surface area contributed by atoms with Gasteiger partial charge in [-0.15, -0.1) is 0 Å². The van der Waals surface area contributed by atoms with Crippen LogP contribution in [0.1, 0.15) is 12.7 Å². The Labute approximate surface area is 176 Å². The number of amides is 1. The summed E-state index contributed by atoms with van der Waals surface area (Å²) >= 11 is 18.2. The molecular formula is C20H16Cl3NO4. The van der Waals surface area contributed by atoms with Crippen molar-refractivity contribution in [2.75, 3.05) is 5.32 Å². The summed E-state index contributed by atoms with van der Waals surface area (Å²) in [5.41, 5.74) is 1.15. The topological polar surface area (TPSA) is 71.7 Å². The molecule has 1 heterocycles. The predicted octanol–water partition coefficient (Wildman–Crippen LogP) is 5.81. The van der Waals surface area contributed by atoms with E-state index in [0.29, 0.717) is 43.6 Å². The van der Waals surface area contributed by atoms with Crippen LogP contribution in [0, 0.1) is 0 Å². The van der Waals surface area contributed by atoms with Gasteiger partial charge in [-0.2, -0.15) is 0 Å². The van der Waals surface area contributed by atoms with Crippen LogP contribution < -0.4 is 10.1 Å². The molecular weight excluding hydrogens is 425 g/mol. The standard InChI is InChI=1S/C20H16Cl3NO4/c1-11(27-19-6-2-12(21)8-17(19)23)20(26)24-13-3-5-15(16(22)9-13)18-7-4-14(10-25)28-18/h2-9,11,25H,10H2,1H3,(H,24,26)/t11-/m0/s1. The lowest BCUT2D eigenvalue weighted by atomic mass is 10.1. The minimum absolute atomic E-state index is 0.193. The monoisotopic (exact) mass is 439 g/mol. The molecule has 2 N–H and O–H groups in total. The van der Waals surface area contributed by atoms with E-state index in [2.05, 4.69) is 5.32 Å². The lowest BCUT2D eigenvalue weighted by Crippen LogP contribution is -2.30. The summed E-state index contributed by atoms with van der Waals surface area (Å²) in [6.45, 7) is 1.41. The number of nitrogens with one attached hydrogen (secondary N) is 1. The second-order valence-electron chi connectivity index (χ2n) is 5.94. The van der Waals surface area contributed by atoms with Crippen molar-refractivity contribution in [1.29, 1.82) is 0 Å². The van der Waals surface area contributed by atoms with Crippen molar-refractivity contribution < 1.29 is 19.1 Å². The van der Waals surface area contributed by atoms with Gasteiger partial charge in [0, 0.05) is 16.3 Å². The van der Waals surface area contributed by atoms with Crippen LogP contribution in [0.2, 0.25) is 15.1 Å². The fourth-order valence-corrected chi connectivity index (χ4v) is 3.19. The number of carbonyl (C=O) groups is 1. The summed E-state index contributed by atoms with van der Waals surface area (Å²) < 4.78 is 11.1. The van der Waals surface area contributed by atoms with E-state index in [1.165, 1.54) is 0 Å². The summed E-state index contributed by atoms with van der Waals surface area (Å²) in [6.07, 6.45) is -0.797. The van der Waals surface area contributed by atoms with E-state index in [4.69, 9.17) is 49.1 Å². The van der Waals surface area contributed by atoms with Crippen LogP contribution >= 0.6 is 34.8 Å². The number of furan rings is 1. The van der Waals surface area contributed by atoms with Gasteiger partial charge in [0.25, 0.3) is 5.91 Å². The maximum absolute atomic E-state index is 12.4. The van der Waals surface area contributed by atoms with Gasteiger partial charge in [0.05, 0.1) is 10.0 Å². The average molecular weight is 441 g/mol. The molecule has 2 aromatic carbocycles. The van der Waals surface area contributed by atoms with Gasteiger partial charge in [0.2, 0.25) is 0 Å². The zero-order valence-electron chi connectivity index (χ0n) is 14.7. The molecule has 146 valence electrons. The van der Waals surface area contributed by atoms with Crippen molar-refractivity contribution in [1.82, 2.24) is 0 Å². The highest BCUT2D eigenvalue weighted by atomic mass is 35.5. The summed E-state index contributed by atoms with van der Waals surface area (Å²) in [5, 5.41) is 13.0. The molecule has 0 aliphatic heterocycles. The van der Waals surface area contributed by atoms with E-state index in [1.807, 2.05) is 0 Å². The maximum atomic E-state index is 12.4. The summed E-state index contributed by atoms with van der Waals surface area (Å²) in [7, 11) is 0. The maximum Gasteiger partial charge on any atom is 0.265 e. The molecule has 28 heavy (non-hydrogen) atoms. The molecule has 0 unspecified atom stereocenters. The smallest absolute Gasteiger partial charge is 0.265 e. The SMILES string of the molecule is C[C@H](Oc1ccc(Cl)cc1Cl)C(=O)Nc1ccc(-c2ccc(CO)o2)c(Cl)c1. The summed E-state index contributed by atoms with van der Waals surface area (Å²) in [5.74, 6) is 0.964. The van der Waals surface area contributed by atoms with Gasteiger partial charge in [0.15, 0.2) is 6.10 Å². The predicted molar refractivity (Wildman–Crippen MR) is 110 cm³/mol. The number of hydrogen-bond donors (Lipinski definition) is 2. The number of anilines is 1. The Morgan fingerprint density at radius 3 is 2.54 bits per heavy atom. The van der Waals surface area contributed by atoms with Gasteiger partial charge in [-0.05, 0) is 55.5 Å². The fourth-order valence-electron chi connectivity index (χ4n) is 2.46. The molecule has 8 heteroatoms. The summed E-state index contributed by atoms with van der Waals surface area (Å²) in [6, 6.07) is 13.2. The van der Waals surface area contributed by atoms with Crippen molar-refractivity contribution >= 4 is 46.4 Å². The van der Waals surface area contributed by atoms with Crippen LogP contribution in [0.15, 0.2) is 52.9 Å². The largest absolute Gasteiger partial charge is 0.479 e. The third-order valence-corrected chi connectivity index (χ3v) is 4.73. The fraction of sp³-hybridized carbons (Fsp3) is 0.150. The Morgan fingerprint density at radius 1 is 1.11 bits per heavy atom. The number of hydrogen-bond acceptors (Lipinski definition) is 4. The van der Waals surface area contributed by atoms with E-state index in [1.54, 1.807) is 55.5 Å².